The average molecular weight is 538 g/mol. The Labute approximate surface area is 224 Å². The number of nitrogens with one attached hydrogen (secondary N) is 2. The molecule has 0 radical (unpaired) electrons. The maximum Gasteiger partial charge on any atom is 0.235 e. The number of pyridine rings is 3. The summed E-state index contributed by atoms with van der Waals surface area (Å²) in [4.78, 5) is 26.2. The lowest BCUT2D eigenvalue weighted by atomic mass is 9.94. The minimum absolute atomic E-state index is 0.0321. The van der Waals surface area contributed by atoms with Gasteiger partial charge in [-0.3, -0.25) is 9.78 Å². The molecular weight excluding hydrogens is 506 g/mol. The smallest absolute Gasteiger partial charge is 0.235 e. The van der Waals surface area contributed by atoms with E-state index in [1.807, 2.05) is 36.4 Å². The van der Waals surface area contributed by atoms with E-state index in [-0.39, 0.29) is 30.8 Å². The molecule has 1 fully saturated rings. The van der Waals surface area contributed by atoms with Crippen LogP contribution in [0.25, 0.3) is 17.1 Å². The van der Waals surface area contributed by atoms with Crippen LogP contribution in [0.3, 0.4) is 0 Å². The van der Waals surface area contributed by atoms with Crippen molar-refractivity contribution in [3.05, 3.63) is 53.9 Å². The SMILES string of the molecule is COc1ccc2nccc(/C=C/[C@@H]3CC[C@@H](NCc4ccc5c(n4)NC(=O)CS5)[C@@H](C[C@@H](O)CO)O3)c2n1. The summed E-state index contributed by atoms with van der Waals surface area (Å²) >= 11 is 1.48. The first-order chi connectivity index (χ1) is 18.5. The van der Waals surface area contributed by atoms with Gasteiger partial charge in [-0.25, -0.2) is 9.97 Å². The van der Waals surface area contributed by atoms with Gasteiger partial charge in [-0.1, -0.05) is 12.2 Å². The van der Waals surface area contributed by atoms with E-state index in [2.05, 4.69) is 25.6 Å². The van der Waals surface area contributed by atoms with Crippen molar-refractivity contribution in [3.63, 3.8) is 0 Å². The first kappa shape index (κ1) is 26.5. The number of thioether (sulfide) groups is 1. The zero-order chi connectivity index (χ0) is 26.5. The molecule has 0 aromatic carbocycles. The van der Waals surface area contributed by atoms with Crippen molar-refractivity contribution < 1.29 is 24.5 Å². The standard InChI is InChI=1S/C27H31N5O5S/c1-36-25-9-7-21-26(32-25)16(10-11-28-21)2-4-19-5-6-20(22(37-19)12-18(34)14-33)29-13-17-3-8-23-27(30-17)31-24(35)15-38-23/h2-4,7-11,18-20,22,29,33-34H,5-6,12-15H2,1H3,(H,30,31,35)/b4-2+/t18-,19-,20-,22-/m1/s1. The van der Waals surface area contributed by atoms with Gasteiger partial charge in [0, 0.05) is 36.8 Å². The fourth-order valence-corrected chi connectivity index (χ4v) is 5.44. The summed E-state index contributed by atoms with van der Waals surface area (Å²) in [6.45, 7) is 0.165. The monoisotopic (exact) mass is 537 g/mol. The summed E-state index contributed by atoms with van der Waals surface area (Å²) in [7, 11) is 1.58. The molecule has 0 bridgehead atoms. The van der Waals surface area contributed by atoms with E-state index in [1.165, 1.54) is 11.8 Å². The predicted molar refractivity (Wildman–Crippen MR) is 145 cm³/mol. The first-order valence-electron chi connectivity index (χ1n) is 12.6. The molecule has 4 N–H and O–H groups in total. The lowest BCUT2D eigenvalue weighted by Gasteiger charge is -2.37. The molecule has 0 unspecified atom stereocenters. The summed E-state index contributed by atoms with van der Waals surface area (Å²) < 4.78 is 11.7. The highest BCUT2D eigenvalue weighted by molar-refractivity contribution is 8.00. The Bertz CT molecular complexity index is 1320. The third kappa shape index (κ3) is 6.30. The Kier molecular flexibility index (Phi) is 8.50. The van der Waals surface area contributed by atoms with Crippen LogP contribution in [0.15, 0.2) is 47.5 Å². The number of hydrogen-bond acceptors (Lipinski definition) is 10. The number of aromatic nitrogens is 3. The summed E-state index contributed by atoms with van der Waals surface area (Å²) in [5, 5.41) is 26.0. The molecular formula is C27H31N5O5S. The van der Waals surface area contributed by atoms with Gasteiger partial charge in [0.25, 0.3) is 0 Å². The number of aliphatic hydroxyl groups excluding tert-OH is 2. The second-order valence-corrected chi connectivity index (χ2v) is 10.3. The van der Waals surface area contributed by atoms with Crippen molar-refractivity contribution in [2.45, 2.75) is 55.1 Å². The molecule has 10 nitrogen and oxygen atoms in total. The summed E-state index contributed by atoms with van der Waals surface area (Å²) in [5.74, 6) is 1.47. The number of methoxy groups -OCH3 is 1. The normalized spacial score (nSPS) is 22.3. The van der Waals surface area contributed by atoms with Crippen molar-refractivity contribution in [2.24, 2.45) is 0 Å². The van der Waals surface area contributed by atoms with Gasteiger partial charge < -0.3 is 30.3 Å². The average Bonchev–Trinajstić information content (AvgIpc) is 2.94. The highest BCUT2D eigenvalue weighted by Gasteiger charge is 2.31. The molecule has 1 amide bonds. The molecule has 0 spiro atoms. The van der Waals surface area contributed by atoms with Crippen LogP contribution < -0.4 is 15.4 Å². The molecule has 3 aromatic heterocycles. The highest BCUT2D eigenvalue weighted by Crippen LogP contribution is 2.30. The van der Waals surface area contributed by atoms with E-state index in [1.54, 1.807) is 19.4 Å². The van der Waals surface area contributed by atoms with E-state index < -0.39 is 6.10 Å². The zero-order valence-electron chi connectivity index (χ0n) is 21.0. The van der Waals surface area contributed by atoms with Crippen LogP contribution in [0.4, 0.5) is 5.82 Å². The molecule has 2 aliphatic heterocycles. The van der Waals surface area contributed by atoms with Gasteiger partial charge in [-0.2, -0.15) is 0 Å². The Morgan fingerprint density at radius 2 is 2.16 bits per heavy atom. The van der Waals surface area contributed by atoms with Crippen LogP contribution in [0.5, 0.6) is 5.88 Å². The zero-order valence-corrected chi connectivity index (χ0v) is 21.9. The third-order valence-electron chi connectivity index (χ3n) is 6.64. The van der Waals surface area contributed by atoms with Crippen LogP contribution >= 0.6 is 11.8 Å². The molecule has 11 heteroatoms. The van der Waals surface area contributed by atoms with Gasteiger partial charge in [0.15, 0.2) is 0 Å². The summed E-state index contributed by atoms with van der Waals surface area (Å²) in [6.07, 6.45) is 6.31. The van der Waals surface area contributed by atoms with Crippen LogP contribution in [-0.2, 0) is 16.1 Å². The van der Waals surface area contributed by atoms with Crippen LogP contribution in [0.2, 0.25) is 0 Å². The molecule has 1 saturated heterocycles. The highest BCUT2D eigenvalue weighted by atomic mass is 32.2. The number of ether oxygens (including phenoxy) is 2. The van der Waals surface area contributed by atoms with Gasteiger partial charge >= 0.3 is 0 Å². The maximum atomic E-state index is 11.7. The van der Waals surface area contributed by atoms with Crippen molar-refractivity contribution >= 4 is 40.6 Å². The number of amides is 1. The molecule has 0 aliphatic carbocycles. The largest absolute Gasteiger partial charge is 0.481 e. The van der Waals surface area contributed by atoms with E-state index in [0.29, 0.717) is 30.4 Å². The number of aliphatic hydroxyl groups is 2. The lowest BCUT2D eigenvalue weighted by molar-refractivity contribution is -0.113. The molecule has 4 atom stereocenters. The van der Waals surface area contributed by atoms with E-state index in [0.717, 1.165) is 40.0 Å². The second kappa shape index (κ2) is 12.2. The molecule has 5 rings (SSSR count). The minimum Gasteiger partial charge on any atom is -0.481 e. The Morgan fingerprint density at radius 3 is 3.00 bits per heavy atom. The molecule has 3 aromatic rings. The van der Waals surface area contributed by atoms with Crippen molar-refractivity contribution in [2.75, 3.05) is 24.8 Å². The third-order valence-corrected chi connectivity index (χ3v) is 7.69. The predicted octanol–water partition coefficient (Wildman–Crippen LogP) is 2.54. The molecule has 0 saturated carbocycles. The molecule has 2 aliphatic rings. The second-order valence-electron chi connectivity index (χ2n) is 9.32. The number of fused-ring (bicyclic) bond motifs is 2. The van der Waals surface area contributed by atoms with Gasteiger partial charge in [0.1, 0.15) is 5.82 Å². The van der Waals surface area contributed by atoms with Crippen LogP contribution in [0.1, 0.15) is 30.5 Å². The number of carbonyl (C=O) groups is 1. The molecule has 200 valence electrons. The van der Waals surface area contributed by atoms with Gasteiger partial charge in [0.2, 0.25) is 11.8 Å². The number of anilines is 1. The van der Waals surface area contributed by atoms with Gasteiger partial charge in [-0.05, 0) is 37.1 Å². The quantitative estimate of drug-likeness (QED) is 0.322. The number of hydrogen-bond donors (Lipinski definition) is 4. The van der Waals surface area contributed by atoms with Gasteiger partial charge in [-0.15, -0.1) is 11.8 Å². The minimum atomic E-state index is -0.873. The first-order valence-corrected chi connectivity index (χ1v) is 13.6. The lowest BCUT2D eigenvalue weighted by Crippen LogP contribution is -2.48. The van der Waals surface area contributed by atoms with Crippen molar-refractivity contribution in [3.8, 4) is 5.88 Å². The van der Waals surface area contributed by atoms with Crippen molar-refractivity contribution in [1.29, 1.82) is 0 Å². The van der Waals surface area contributed by atoms with E-state index in [4.69, 9.17) is 9.47 Å². The van der Waals surface area contributed by atoms with Gasteiger partial charge in [0.05, 0.1) is 59.4 Å². The maximum absolute atomic E-state index is 11.7. The van der Waals surface area contributed by atoms with E-state index in [9.17, 15) is 15.0 Å². The fourth-order valence-electron chi connectivity index (χ4n) is 4.68. The molecule has 38 heavy (non-hydrogen) atoms. The number of nitrogens with zero attached hydrogens (tertiary/aromatic N) is 3. The summed E-state index contributed by atoms with van der Waals surface area (Å²) in [6, 6.07) is 9.45. The Hall–Kier alpha value is -3.09. The Balaban J connectivity index is 1.26. The summed E-state index contributed by atoms with van der Waals surface area (Å²) in [5.41, 5.74) is 3.24. The van der Waals surface area contributed by atoms with Crippen molar-refractivity contribution in [1.82, 2.24) is 20.3 Å². The number of rotatable bonds is 9. The van der Waals surface area contributed by atoms with Crippen LogP contribution in [-0.4, -0.2) is 74.9 Å². The topological polar surface area (TPSA) is 139 Å². The number of carbonyl (C=O) groups excluding carboxylic acids is 1. The van der Waals surface area contributed by atoms with Crippen LogP contribution in [0, 0.1) is 0 Å². The van der Waals surface area contributed by atoms with E-state index >= 15 is 0 Å². The fraction of sp³-hybridized carbons (Fsp3) is 0.407. The molecule has 5 heterocycles. The Morgan fingerprint density at radius 1 is 1.26 bits per heavy atom.